The zero-order valence-electron chi connectivity index (χ0n) is 9.34. The number of carbonyl (C=O) groups is 1. The molecule has 0 aliphatic carbocycles. The van der Waals surface area contributed by atoms with E-state index < -0.39 is 12.1 Å². The summed E-state index contributed by atoms with van der Waals surface area (Å²) in [7, 11) is 1.27. The summed E-state index contributed by atoms with van der Waals surface area (Å²) in [4.78, 5) is 15.9. The van der Waals surface area contributed by atoms with Crippen LogP contribution in [0.5, 0.6) is 0 Å². The first-order valence-electron chi connectivity index (χ1n) is 4.90. The molecule has 2 rings (SSSR count). The van der Waals surface area contributed by atoms with E-state index in [1.165, 1.54) is 24.5 Å². The number of hydrogen-bond donors (Lipinski definition) is 1. The van der Waals surface area contributed by atoms with Crippen molar-refractivity contribution in [1.82, 2.24) is 4.98 Å². The molecule has 0 amide bonds. The molecule has 0 saturated heterocycles. The molecule has 0 fully saturated rings. The van der Waals surface area contributed by atoms with Crippen molar-refractivity contribution in [3.63, 3.8) is 0 Å². The molecule has 17 heavy (non-hydrogen) atoms. The maximum absolute atomic E-state index is 11.2. The highest BCUT2D eigenvalue weighted by molar-refractivity contribution is 7.11. The first kappa shape index (κ1) is 11.8. The van der Waals surface area contributed by atoms with Crippen LogP contribution in [0.3, 0.4) is 0 Å². The molecule has 90 valence electrons. The molecule has 0 spiro atoms. The minimum atomic E-state index is -0.903. The van der Waals surface area contributed by atoms with Crippen LogP contribution in [0.25, 0.3) is 0 Å². The largest absolute Gasteiger partial charge is 0.463 e. The molecule has 1 unspecified atom stereocenters. The predicted molar refractivity (Wildman–Crippen MR) is 61.0 cm³/mol. The van der Waals surface area contributed by atoms with Crippen molar-refractivity contribution in [3.05, 3.63) is 39.7 Å². The lowest BCUT2D eigenvalue weighted by Gasteiger charge is -2.03. The smallest absolute Gasteiger partial charge is 0.373 e. The summed E-state index contributed by atoms with van der Waals surface area (Å²) in [5.41, 5.74) is 0. The number of aromatic nitrogens is 1. The Bertz CT molecular complexity index is 531. The second-order valence-corrected chi connectivity index (χ2v) is 4.64. The van der Waals surface area contributed by atoms with Gasteiger partial charge in [-0.3, -0.25) is 0 Å². The van der Waals surface area contributed by atoms with E-state index in [1.54, 1.807) is 12.3 Å². The molecule has 1 N–H and O–H groups in total. The second-order valence-electron chi connectivity index (χ2n) is 3.38. The molecule has 0 bridgehead atoms. The molecule has 0 saturated carbocycles. The van der Waals surface area contributed by atoms with Crippen molar-refractivity contribution >= 4 is 17.3 Å². The van der Waals surface area contributed by atoms with Crippen molar-refractivity contribution in [2.24, 2.45) is 0 Å². The van der Waals surface area contributed by atoms with Gasteiger partial charge in [-0.2, -0.15) is 0 Å². The quantitative estimate of drug-likeness (QED) is 0.846. The standard InChI is InChI=1S/C11H11NO4S/c1-6-12-5-9(17-6)10(13)7-3-4-8(16-7)11(14)15-2/h3-5,10,13H,1-2H3. The molecule has 2 aromatic rings. The molecule has 2 aromatic heterocycles. The number of methoxy groups -OCH3 is 1. The van der Waals surface area contributed by atoms with Crippen LogP contribution in [0, 0.1) is 6.92 Å². The fourth-order valence-electron chi connectivity index (χ4n) is 1.35. The van der Waals surface area contributed by atoms with Crippen LogP contribution in [0.15, 0.2) is 22.7 Å². The van der Waals surface area contributed by atoms with Gasteiger partial charge >= 0.3 is 5.97 Å². The number of aliphatic hydroxyl groups excluding tert-OH is 1. The van der Waals surface area contributed by atoms with Gasteiger partial charge in [-0.05, 0) is 19.1 Å². The van der Waals surface area contributed by atoms with Crippen molar-refractivity contribution < 1.29 is 19.1 Å². The molecule has 6 heteroatoms. The lowest BCUT2D eigenvalue weighted by atomic mass is 10.2. The first-order chi connectivity index (χ1) is 8.11. The van der Waals surface area contributed by atoms with Gasteiger partial charge in [-0.25, -0.2) is 9.78 Å². The molecule has 1 atom stereocenters. The summed E-state index contributed by atoms with van der Waals surface area (Å²) in [6, 6.07) is 3.02. The number of thiazole rings is 1. The molecular formula is C11H11NO4S. The van der Waals surface area contributed by atoms with Crippen LogP contribution in [0.4, 0.5) is 0 Å². The van der Waals surface area contributed by atoms with Crippen LogP contribution in [-0.4, -0.2) is 23.2 Å². The number of hydrogen-bond acceptors (Lipinski definition) is 6. The van der Waals surface area contributed by atoms with Gasteiger partial charge in [-0.1, -0.05) is 0 Å². The van der Waals surface area contributed by atoms with Crippen molar-refractivity contribution in [2.75, 3.05) is 7.11 Å². The van der Waals surface area contributed by atoms with E-state index in [0.29, 0.717) is 10.6 Å². The normalized spacial score (nSPS) is 12.4. The maximum atomic E-state index is 11.2. The Morgan fingerprint density at radius 2 is 2.35 bits per heavy atom. The highest BCUT2D eigenvalue weighted by atomic mass is 32.1. The van der Waals surface area contributed by atoms with Crippen LogP contribution >= 0.6 is 11.3 Å². The highest BCUT2D eigenvalue weighted by Crippen LogP contribution is 2.27. The average molecular weight is 253 g/mol. The Morgan fingerprint density at radius 1 is 1.59 bits per heavy atom. The lowest BCUT2D eigenvalue weighted by molar-refractivity contribution is 0.0558. The fraction of sp³-hybridized carbons (Fsp3) is 0.273. The average Bonchev–Trinajstić information content (AvgIpc) is 2.95. The Balaban J connectivity index is 2.23. The summed E-state index contributed by atoms with van der Waals surface area (Å²) in [5.74, 6) is -0.194. The Labute approximate surface area is 102 Å². The third kappa shape index (κ3) is 2.37. The van der Waals surface area contributed by atoms with Crippen LogP contribution in [-0.2, 0) is 4.74 Å². The van der Waals surface area contributed by atoms with Crippen molar-refractivity contribution in [2.45, 2.75) is 13.0 Å². The number of furan rings is 1. The van der Waals surface area contributed by atoms with E-state index in [1.807, 2.05) is 6.92 Å². The minimum absolute atomic E-state index is 0.0720. The Hall–Kier alpha value is -1.66. The molecule has 2 heterocycles. The van der Waals surface area contributed by atoms with Crippen LogP contribution in [0.1, 0.15) is 32.3 Å². The Morgan fingerprint density at radius 3 is 2.94 bits per heavy atom. The van der Waals surface area contributed by atoms with Gasteiger partial charge in [0.1, 0.15) is 11.9 Å². The number of aryl methyl sites for hydroxylation is 1. The fourth-order valence-corrected chi connectivity index (χ4v) is 2.13. The molecule has 5 nitrogen and oxygen atoms in total. The van der Waals surface area contributed by atoms with Gasteiger partial charge in [0.25, 0.3) is 0 Å². The van der Waals surface area contributed by atoms with Crippen molar-refractivity contribution in [3.8, 4) is 0 Å². The topological polar surface area (TPSA) is 72.6 Å². The lowest BCUT2D eigenvalue weighted by Crippen LogP contribution is -1.99. The van der Waals surface area contributed by atoms with Gasteiger partial charge in [0.05, 0.1) is 17.0 Å². The van der Waals surface area contributed by atoms with Gasteiger partial charge < -0.3 is 14.3 Å². The molecular weight excluding hydrogens is 242 g/mol. The first-order valence-corrected chi connectivity index (χ1v) is 5.72. The molecule has 0 radical (unpaired) electrons. The van der Waals surface area contributed by atoms with Gasteiger partial charge in [0.2, 0.25) is 5.76 Å². The van der Waals surface area contributed by atoms with Crippen LogP contribution in [0.2, 0.25) is 0 Å². The van der Waals surface area contributed by atoms with E-state index in [4.69, 9.17) is 4.42 Å². The number of esters is 1. The van der Waals surface area contributed by atoms with E-state index >= 15 is 0 Å². The zero-order valence-corrected chi connectivity index (χ0v) is 10.2. The highest BCUT2D eigenvalue weighted by Gasteiger charge is 2.19. The zero-order chi connectivity index (χ0) is 12.4. The molecule has 0 aliphatic rings. The van der Waals surface area contributed by atoms with Gasteiger partial charge in [0, 0.05) is 6.20 Å². The maximum Gasteiger partial charge on any atom is 0.373 e. The summed E-state index contributed by atoms with van der Waals surface area (Å²) >= 11 is 1.38. The van der Waals surface area contributed by atoms with Gasteiger partial charge in [0.15, 0.2) is 0 Å². The van der Waals surface area contributed by atoms with E-state index in [-0.39, 0.29) is 5.76 Å². The van der Waals surface area contributed by atoms with Crippen LogP contribution < -0.4 is 0 Å². The minimum Gasteiger partial charge on any atom is -0.463 e. The number of carbonyl (C=O) groups excluding carboxylic acids is 1. The summed E-state index contributed by atoms with van der Waals surface area (Å²) < 4.78 is 9.73. The molecule has 0 aromatic carbocycles. The van der Waals surface area contributed by atoms with E-state index in [9.17, 15) is 9.90 Å². The number of aliphatic hydroxyl groups is 1. The summed E-state index contributed by atoms with van der Waals surface area (Å²) in [6.45, 7) is 1.85. The third-order valence-corrected chi connectivity index (χ3v) is 3.16. The Kier molecular flexibility index (Phi) is 3.26. The third-order valence-electron chi connectivity index (χ3n) is 2.19. The molecule has 0 aliphatic heterocycles. The SMILES string of the molecule is COC(=O)c1ccc(C(O)c2cnc(C)s2)o1. The summed E-state index contributed by atoms with van der Waals surface area (Å²) in [5, 5.41) is 10.9. The second kappa shape index (κ2) is 4.68. The number of ether oxygens (including phenoxy) is 1. The van der Waals surface area contributed by atoms with E-state index in [2.05, 4.69) is 9.72 Å². The predicted octanol–water partition coefficient (Wildman–Crippen LogP) is 1.91. The number of rotatable bonds is 3. The van der Waals surface area contributed by atoms with E-state index in [0.717, 1.165) is 5.01 Å². The monoisotopic (exact) mass is 253 g/mol. The number of nitrogens with zero attached hydrogens (tertiary/aromatic N) is 1. The summed E-state index contributed by atoms with van der Waals surface area (Å²) in [6.07, 6.45) is 0.685. The van der Waals surface area contributed by atoms with Crippen molar-refractivity contribution in [1.29, 1.82) is 0 Å². The van der Waals surface area contributed by atoms with Gasteiger partial charge in [-0.15, -0.1) is 11.3 Å².